The molecule has 0 aliphatic carbocycles. The highest BCUT2D eigenvalue weighted by molar-refractivity contribution is 5.77. The number of nitrogens with zero attached hydrogens (tertiary/aromatic N) is 2. The zero-order chi connectivity index (χ0) is 24.7. The van der Waals surface area contributed by atoms with Crippen molar-refractivity contribution in [3.8, 4) is 11.5 Å². The number of carbonyl (C=O) groups excluding carboxylic acids is 1. The average Bonchev–Trinajstić information content (AvgIpc) is 3.20. The van der Waals surface area contributed by atoms with E-state index in [2.05, 4.69) is 18.7 Å². The van der Waals surface area contributed by atoms with Gasteiger partial charge in [0.2, 0.25) is 5.91 Å². The molecule has 1 heterocycles. The van der Waals surface area contributed by atoms with Gasteiger partial charge in [0.1, 0.15) is 23.9 Å². The van der Waals surface area contributed by atoms with Crippen LogP contribution in [-0.2, 0) is 16.1 Å². The number of methoxy groups -OCH3 is 3. The molecule has 186 valence electrons. The molecule has 0 N–H and O–H groups in total. The first-order valence-corrected chi connectivity index (χ1v) is 11.8. The summed E-state index contributed by atoms with van der Waals surface area (Å²) in [6, 6.07) is 12.7. The fourth-order valence-electron chi connectivity index (χ4n) is 4.82. The highest BCUT2D eigenvalue weighted by Crippen LogP contribution is 2.35. The van der Waals surface area contributed by atoms with Crippen molar-refractivity contribution in [2.24, 2.45) is 11.8 Å². The maximum atomic E-state index is 14.1. The maximum Gasteiger partial charge on any atom is 0.248 e. The van der Waals surface area contributed by atoms with Crippen molar-refractivity contribution in [1.82, 2.24) is 9.80 Å². The number of halogens is 1. The second-order valence-electron chi connectivity index (χ2n) is 9.46. The van der Waals surface area contributed by atoms with Crippen LogP contribution in [-0.4, -0.2) is 69.8 Å². The van der Waals surface area contributed by atoms with Crippen LogP contribution in [0, 0.1) is 17.7 Å². The number of hydrogen-bond donors (Lipinski definition) is 0. The van der Waals surface area contributed by atoms with E-state index in [4.69, 9.17) is 14.2 Å². The molecule has 1 amide bonds. The first kappa shape index (κ1) is 26.0. The van der Waals surface area contributed by atoms with Gasteiger partial charge in [-0.1, -0.05) is 26.0 Å². The number of rotatable bonds is 11. The van der Waals surface area contributed by atoms with Crippen LogP contribution < -0.4 is 9.47 Å². The molecule has 7 heteroatoms. The monoisotopic (exact) mass is 472 g/mol. The number of ether oxygens (including phenoxy) is 3. The fraction of sp³-hybridized carbons (Fsp3) is 0.519. The highest BCUT2D eigenvalue weighted by atomic mass is 19.1. The Labute approximate surface area is 202 Å². The quantitative estimate of drug-likeness (QED) is 0.491. The van der Waals surface area contributed by atoms with E-state index in [1.165, 1.54) is 6.07 Å². The molecule has 2 unspecified atom stereocenters. The second kappa shape index (κ2) is 12.2. The molecule has 0 saturated carbocycles. The Morgan fingerprint density at radius 1 is 1.09 bits per heavy atom. The lowest BCUT2D eigenvalue weighted by molar-refractivity contribution is -0.136. The maximum absolute atomic E-state index is 14.1. The third-order valence-corrected chi connectivity index (χ3v) is 6.27. The molecule has 2 aromatic rings. The smallest absolute Gasteiger partial charge is 0.248 e. The minimum absolute atomic E-state index is 0.00910. The first-order valence-electron chi connectivity index (χ1n) is 11.8. The van der Waals surface area contributed by atoms with E-state index in [0.717, 1.165) is 35.7 Å². The summed E-state index contributed by atoms with van der Waals surface area (Å²) < 4.78 is 30.1. The van der Waals surface area contributed by atoms with Crippen molar-refractivity contribution in [3.05, 3.63) is 59.4 Å². The predicted molar refractivity (Wildman–Crippen MR) is 131 cm³/mol. The van der Waals surface area contributed by atoms with E-state index in [1.807, 2.05) is 29.2 Å². The van der Waals surface area contributed by atoms with E-state index < -0.39 is 0 Å². The lowest BCUT2D eigenvalue weighted by Crippen LogP contribution is -2.41. The Balaban J connectivity index is 1.84. The van der Waals surface area contributed by atoms with Crippen LogP contribution in [0.4, 0.5) is 4.39 Å². The number of likely N-dealkylation sites (tertiary alicyclic amines) is 1. The molecular weight excluding hydrogens is 435 g/mol. The summed E-state index contributed by atoms with van der Waals surface area (Å²) in [5.74, 6) is 1.89. The van der Waals surface area contributed by atoms with Crippen LogP contribution in [0.25, 0.3) is 0 Å². The van der Waals surface area contributed by atoms with Gasteiger partial charge in [0.15, 0.2) is 0 Å². The Morgan fingerprint density at radius 2 is 1.79 bits per heavy atom. The molecule has 0 bridgehead atoms. The Morgan fingerprint density at radius 3 is 2.38 bits per heavy atom. The highest BCUT2D eigenvalue weighted by Gasteiger charge is 2.36. The fourth-order valence-corrected chi connectivity index (χ4v) is 4.82. The third kappa shape index (κ3) is 6.93. The molecule has 1 aliphatic heterocycles. The summed E-state index contributed by atoms with van der Waals surface area (Å²) in [6.07, 6.45) is 0. The van der Waals surface area contributed by atoms with Gasteiger partial charge in [-0.15, -0.1) is 0 Å². The molecule has 0 spiro atoms. The molecule has 2 atom stereocenters. The van der Waals surface area contributed by atoms with E-state index in [9.17, 15) is 9.18 Å². The van der Waals surface area contributed by atoms with E-state index in [-0.39, 0.29) is 30.2 Å². The van der Waals surface area contributed by atoms with Gasteiger partial charge in [0.05, 0.1) is 14.2 Å². The standard InChI is InChI=1S/C27H37FN2O4/c1-19(2)13-30(27(31)18-32-3)16-22-15-29(17-26(22)21-7-6-8-23(28)11-21)14-20-9-24(33-4)12-25(10-20)34-5/h6-12,19,22,26H,13-18H2,1-5H3. The summed E-state index contributed by atoms with van der Waals surface area (Å²) in [7, 11) is 4.83. The molecule has 1 fully saturated rings. The van der Waals surface area contributed by atoms with Crippen LogP contribution in [0.15, 0.2) is 42.5 Å². The van der Waals surface area contributed by atoms with Crippen molar-refractivity contribution < 1.29 is 23.4 Å². The van der Waals surface area contributed by atoms with Crippen molar-refractivity contribution >= 4 is 5.91 Å². The number of amides is 1. The lowest BCUT2D eigenvalue weighted by atomic mass is 9.88. The van der Waals surface area contributed by atoms with Crippen LogP contribution >= 0.6 is 0 Å². The SMILES string of the molecule is COCC(=O)N(CC(C)C)CC1CN(Cc2cc(OC)cc(OC)c2)CC1c1cccc(F)c1. The molecule has 0 aromatic heterocycles. The summed E-state index contributed by atoms with van der Waals surface area (Å²) in [5.41, 5.74) is 2.06. The molecule has 1 saturated heterocycles. The molecule has 6 nitrogen and oxygen atoms in total. The Kier molecular flexibility index (Phi) is 9.30. The summed E-state index contributed by atoms with van der Waals surface area (Å²) in [4.78, 5) is 17.0. The Bertz CT molecular complexity index is 930. The molecule has 3 rings (SSSR count). The lowest BCUT2D eigenvalue weighted by Gasteiger charge is -2.30. The number of benzene rings is 2. The topological polar surface area (TPSA) is 51.2 Å². The molecular formula is C27H37FN2O4. The molecule has 1 aliphatic rings. The van der Waals surface area contributed by atoms with Gasteiger partial charge in [0, 0.05) is 51.8 Å². The molecule has 0 radical (unpaired) electrons. The number of hydrogen-bond acceptors (Lipinski definition) is 5. The van der Waals surface area contributed by atoms with Crippen LogP contribution in [0.5, 0.6) is 11.5 Å². The zero-order valence-corrected chi connectivity index (χ0v) is 20.9. The summed E-state index contributed by atoms with van der Waals surface area (Å²) in [5, 5.41) is 0. The van der Waals surface area contributed by atoms with Gasteiger partial charge < -0.3 is 19.1 Å². The van der Waals surface area contributed by atoms with Crippen LogP contribution in [0.2, 0.25) is 0 Å². The predicted octanol–water partition coefficient (Wildman–Crippen LogP) is 4.19. The first-order chi connectivity index (χ1) is 16.3. The van der Waals surface area contributed by atoms with E-state index in [0.29, 0.717) is 25.6 Å². The van der Waals surface area contributed by atoms with Gasteiger partial charge in [-0.05, 0) is 47.2 Å². The van der Waals surface area contributed by atoms with Gasteiger partial charge >= 0.3 is 0 Å². The Hall–Kier alpha value is -2.64. The number of carbonyl (C=O) groups is 1. The summed E-state index contributed by atoms with van der Waals surface area (Å²) in [6.45, 7) is 7.85. The van der Waals surface area contributed by atoms with Crippen LogP contribution in [0.1, 0.15) is 30.9 Å². The van der Waals surface area contributed by atoms with Gasteiger partial charge in [-0.2, -0.15) is 0 Å². The molecule has 34 heavy (non-hydrogen) atoms. The van der Waals surface area contributed by atoms with Crippen molar-refractivity contribution in [3.63, 3.8) is 0 Å². The van der Waals surface area contributed by atoms with Crippen molar-refractivity contribution in [1.29, 1.82) is 0 Å². The summed E-state index contributed by atoms with van der Waals surface area (Å²) >= 11 is 0. The largest absolute Gasteiger partial charge is 0.497 e. The van der Waals surface area contributed by atoms with E-state index >= 15 is 0 Å². The zero-order valence-electron chi connectivity index (χ0n) is 20.9. The van der Waals surface area contributed by atoms with E-state index in [1.54, 1.807) is 33.5 Å². The van der Waals surface area contributed by atoms with Gasteiger partial charge in [0.25, 0.3) is 0 Å². The van der Waals surface area contributed by atoms with Crippen molar-refractivity contribution in [2.45, 2.75) is 26.3 Å². The van der Waals surface area contributed by atoms with Crippen molar-refractivity contribution in [2.75, 3.05) is 54.1 Å². The van der Waals surface area contributed by atoms with Gasteiger partial charge in [-0.3, -0.25) is 9.69 Å². The normalized spacial score (nSPS) is 18.3. The minimum atomic E-state index is -0.235. The molecule has 2 aromatic carbocycles. The average molecular weight is 473 g/mol. The van der Waals surface area contributed by atoms with Gasteiger partial charge in [-0.25, -0.2) is 4.39 Å². The second-order valence-corrected chi connectivity index (χ2v) is 9.46. The van der Waals surface area contributed by atoms with Crippen LogP contribution in [0.3, 0.4) is 0 Å². The minimum Gasteiger partial charge on any atom is -0.497 e. The third-order valence-electron chi connectivity index (χ3n) is 6.27.